The maximum absolute atomic E-state index is 11.3. The fraction of sp³-hybridized carbons (Fsp3) is 1.00. The molecule has 1 saturated heterocycles. The van der Waals surface area contributed by atoms with Crippen LogP contribution in [0.5, 0.6) is 0 Å². The number of rotatable bonds is 5. The summed E-state index contributed by atoms with van der Waals surface area (Å²) in [6, 6.07) is 0.217. The van der Waals surface area contributed by atoms with Gasteiger partial charge in [0.2, 0.25) is 10.0 Å². The van der Waals surface area contributed by atoms with Crippen LogP contribution in [0.1, 0.15) is 19.8 Å². The van der Waals surface area contributed by atoms with Gasteiger partial charge in [0.05, 0.1) is 6.26 Å². The summed E-state index contributed by atoms with van der Waals surface area (Å²) < 4.78 is 24.1. The number of piperazine rings is 1. The van der Waals surface area contributed by atoms with E-state index < -0.39 is 10.0 Å². The Labute approximate surface area is 98.6 Å². The lowest BCUT2D eigenvalue weighted by atomic mass is 10.1. The minimum Gasteiger partial charge on any atom is -0.327 e. The van der Waals surface area contributed by atoms with Gasteiger partial charge in [-0.3, -0.25) is 4.90 Å². The van der Waals surface area contributed by atoms with Gasteiger partial charge >= 0.3 is 0 Å². The van der Waals surface area contributed by atoms with Crippen molar-refractivity contribution in [3.8, 4) is 0 Å². The summed E-state index contributed by atoms with van der Waals surface area (Å²) in [5.74, 6) is 0. The molecule has 0 spiro atoms. The number of hydrogen-bond acceptors (Lipinski definition) is 4. The van der Waals surface area contributed by atoms with Crippen molar-refractivity contribution in [2.24, 2.45) is 5.73 Å². The summed E-state index contributed by atoms with van der Waals surface area (Å²) >= 11 is 0. The average Bonchev–Trinajstić information content (AvgIpc) is 2.17. The fourth-order valence-corrected chi connectivity index (χ4v) is 2.86. The molecule has 5 nitrogen and oxygen atoms in total. The third kappa shape index (κ3) is 4.37. The van der Waals surface area contributed by atoms with Crippen molar-refractivity contribution < 1.29 is 8.42 Å². The van der Waals surface area contributed by atoms with E-state index in [-0.39, 0.29) is 6.04 Å². The molecule has 1 fully saturated rings. The van der Waals surface area contributed by atoms with E-state index in [1.165, 1.54) is 10.6 Å². The molecule has 0 aromatic heterocycles. The average molecular weight is 249 g/mol. The van der Waals surface area contributed by atoms with Gasteiger partial charge in [-0.15, -0.1) is 0 Å². The second-order valence-electron chi connectivity index (χ2n) is 4.51. The van der Waals surface area contributed by atoms with E-state index in [1.807, 2.05) is 0 Å². The van der Waals surface area contributed by atoms with E-state index in [2.05, 4.69) is 11.8 Å². The molecule has 1 aliphatic rings. The monoisotopic (exact) mass is 249 g/mol. The van der Waals surface area contributed by atoms with Crippen LogP contribution in [0.15, 0.2) is 0 Å². The Kier molecular flexibility index (Phi) is 5.17. The van der Waals surface area contributed by atoms with Gasteiger partial charge < -0.3 is 5.73 Å². The predicted octanol–water partition coefficient (Wildman–Crippen LogP) is -0.309. The molecule has 1 heterocycles. The van der Waals surface area contributed by atoms with E-state index >= 15 is 0 Å². The van der Waals surface area contributed by atoms with Crippen molar-refractivity contribution in [2.75, 3.05) is 39.0 Å². The van der Waals surface area contributed by atoms with Crippen molar-refractivity contribution in [2.45, 2.75) is 25.8 Å². The first-order valence-electron chi connectivity index (χ1n) is 5.86. The zero-order chi connectivity index (χ0) is 12.2. The largest absolute Gasteiger partial charge is 0.327 e. The normalized spacial score (nSPS) is 22.2. The molecule has 0 aliphatic carbocycles. The van der Waals surface area contributed by atoms with Gasteiger partial charge in [0.25, 0.3) is 0 Å². The zero-order valence-electron chi connectivity index (χ0n) is 10.2. The Morgan fingerprint density at radius 2 is 1.81 bits per heavy atom. The molecule has 1 atom stereocenters. The molecule has 16 heavy (non-hydrogen) atoms. The Hall–Kier alpha value is -0.170. The summed E-state index contributed by atoms with van der Waals surface area (Å²) in [5.41, 5.74) is 5.96. The standard InChI is InChI=1S/C10H23N3O2S/c1-3-4-10(11)9-12-5-7-13(8-6-12)16(2,14)15/h10H,3-9,11H2,1-2H3. The Morgan fingerprint density at radius 3 is 2.25 bits per heavy atom. The molecule has 0 saturated carbocycles. The number of hydrogen-bond donors (Lipinski definition) is 1. The van der Waals surface area contributed by atoms with Crippen molar-refractivity contribution in [1.29, 1.82) is 0 Å². The Balaban J connectivity index is 2.32. The number of nitrogens with zero attached hydrogens (tertiary/aromatic N) is 2. The minimum atomic E-state index is -3.01. The Morgan fingerprint density at radius 1 is 1.25 bits per heavy atom. The van der Waals surface area contributed by atoms with Gasteiger partial charge in [0.1, 0.15) is 0 Å². The van der Waals surface area contributed by atoms with Crippen LogP contribution in [0.2, 0.25) is 0 Å². The van der Waals surface area contributed by atoms with Crippen molar-refractivity contribution in [1.82, 2.24) is 9.21 Å². The Bertz CT molecular complexity index is 297. The van der Waals surface area contributed by atoms with Crippen LogP contribution in [0.25, 0.3) is 0 Å². The lowest BCUT2D eigenvalue weighted by molar-refractivity contribution is 0.178. The summed E-state index contributed by atoms with van der Waals surface area (Å²) in [5, 5.41) is 0. The molecule has 96 valence electrons. The van der Waals surface area contributed by atoms with E-state index in [0.29, 0.717) is 13.1 Å². The number of sulfonamides is 1. The van der Waals surface area contributed by atoms with Crippen LogP contribution in [-0.2, 0) is 10.0 Å². The van der Waals surface area contributed by atoms with Gasteiger partial charge in [-0.1, -0.05) is 13.3 Å². The first kappa shape index (κ1) is 13.9. The first-order chi connectivity index (χ1) is 7.43. The van der Waals surface area contributed by atoms with E-state index in [9.17, 15) is 8.42 Å². The second kappa shape index (κ2) is 5.95. The van der Waals surface area contributed by atoms with Gasteiger partial charge in [0.15, 0.2) is 0 Å². The van der Waals surface area contributed by atoms with E-state index in [1.54, 1.807) is 0 Å². The minimum absolute atomic E-state index is 0.217. The molecule has 0 amide bonds. The third-order valence-electron chi connectivity index (χ3n) is 2.95. The highest BCUT2D eigenvalue weighted by molar-refractivity contribution is 7.88. The van der Waals surface area contributed by atoms with Gasteiger partial charge in [0, 0.05) is 38.8 Å². The zero-order valence-corrected chi connectivity index (χ0v) is 11.0. The molecular formula is C10H23N3O2S. The SMILES string of the molecule is CCCC(N)CN1CCN(S(C)(=O)=O)CC1. The van der Waals surface area contributed by atoms with Crippen molar-refractivity contribution in [3.05, 3.63) is 0 Å². The highest BCUT2D eigenvalue weighted by atomic mass is 32.2. The topological polar surface area (TPSA) is 66.6 Å². The highest BCUT2D eigenvalue weighted by Gasteiger charge is 2.23. The van der Waals surface area contributed by atoms with Crippen LogP contribution in [-0.4, -0.2) is 62.6 Å². The van der Waals surface area contributed by atoms with Crippen LogP contribution >= 0.6 is 0 Å². The van der Waals surface area contributed by atoms with E-state index in [4.69, 9.17) is 5.73 Å². The smallest absolute Gasteiger partial charge is 0.211 e. The summed E-state index contributed by atoms with van der Waals surface area (Å²) in [7, 11) is -3.01. The molecule has 0 bridgehead atoms. The van der Waals surface area contributed by atoms with Gasteiger partial charge in [-0.2, -0.15) is 4.31 Å². The molecule has 0 radical (unpaired) electrons. The molecule has 1 aliphatic heterocycles. The summed E-state index contributed by atoms with van der Waals surface area (Å²) in [6.45, 7) is 5.79. The molecule has 1 rings (SSSR count). The number of nitrogens with two attached hydrogens (primary N) is 1. The summed E-state index contributed by atoms with van der Waals surface area (Å²) in [6.07, 6.45) is 3.41. The molecule has 6 heteroatoms. The predicted molar refractivity (Wildman–Crippen MR) is 65.7 cm³/mol. The lowest BCUT2D eigenvalue weighted by Crippen LogP contribution is -2.51. The second-order valence-corrected chi connectivity index (χ2v) is 6.49. The van der Waals surface area contributed by atoms with Crippen LogP contribution in [0.3, 0.4) is 0 Å². The quantitative estimate of drug-likeness (QED) is 0.726. The van der Waals surface area contributed by atoms with Crippen molar-refractivity contribution in [3.63, 3.8) is 0 Å². The first-order valence-corrected chi connectivity index (χ1v) is 7.71. The molecule has 2 N–H and O–H groups in total. The maximum Gasteiger partial charge on any atom is 0.211 e. The molecule has 1 unspecified atom stereocenters. The summed E-state index contributed by atoms with van der Waals surface area (Å²) in [4.78, 5) is 2.25. The third-order valence-corrected chi connectivity index (χ3v) is 4.26. The molecule has 0 aromatic rings. The van der Waals surface area contributed by atoms with Gasteiger partial charge in [-0.25, -0.2) is 8.42 Å². The van der Waals surface area contributed by atoms with Crippen LogP contribution < -0.4 is 5.73 Å². The van der Waals surface area contributed by atoms with Crippen molar-refractivity contribution >= 4 is 10.0 Å². The highest BCUT2D eigenvalue weighted by Crippen LogP contribution is 2.07. The fourth-order valence-electron chi connectivity index (χ4n) is 2.04. The molecular weight excluding hydrogens is 226 g/mol. The maximum atomic E-state index is 11.3. The van der Waals surface area contributed by atoms with Crippen LogP contribution in [0, 0.1) is 0 Å². The molecule has 0 aromatic carbocycles. The van der Waals surface area contributed by atoms with Crippen LogP contribution in [0.4, 0.5) is 0 Å². The lowest BCUT2D eigenvalue weighted by Gasteiger charge is -2.34. The van der Waals surface area contributed by atoms with Gasteiger partial charge in [-0.05, 0) is 6.42 Å². The van der Waals surface area contributed by atoms with E-state index in [0.717, 1.165) is 32.5 Å².